The van der Waals surface area contributed by atoms with Gasteiger partial charge in [0, 0.05) is 17.8 Å². The quantitative estimate of drug-likeness (QED) is 0.666. The van der Waals surface area contributed by atoms with Crippen LogP contribution in [0.25, 0.3) is 0 Å². The SMILES string of the molecule is CC(C)(CN)NC(=O)[C@@H]1CSC(=O)N1.Cl. The summed E-state index contributed by atoms with van der Waals surface area (Å²) in [4.78, 5) is 22.4. The van der Waals surface area contributed by atoms with Gasteiger partial charge in [-0.15, -0.1) is 12.4 Å². The van der Waals surface area contributed by atoms with Crippen molar-refractivity contribution in [2.75, 3.05) is 12.3 Å². The van der Waals surface area contributed by atoms with Crippen LogP contribution in [0.1, 0.15) is 13.8 Å². The van der Waals surface area contributed by atoms with Crippen molar-refractivity contribution in [3.63, 3.8) is 0 Å². The maximum atomic E-state index is 11.6. The zero-order valence-electron chi connectivity index (χ0n) is 8.70. The second-order valence-corrected chi connectivity index (χ2v) is 4.87. The van der Waals surface area contributed by atoms with E-state index < -0.39 is 11.6 Å². The average molecular weight is 254 g/mol. The molecule has 0 aromatic heterocycles. The van der Waals surface area contributed by atoms with Gasteiger partial charge in [0.25, 0.3) is 5.24 Å². The number of carbonyl (C=O) groups is 2. The van der Waals surface area contributed by atoms with Gasteiger partial charge in [0.15, 0.2) is 0 Å². The van der Waals surface area contributed by atoms with Gasteiger partial charge in [-0.1, -0.05) is 11.8 Å². The molecule has 1 aliphatic heterocycles. The summed E-state index contributed by atoms with van der Waals surface area (Å²) in [7, 11) is 0. The first kappa shape index (κ1) is 14.5. The second kappa shape index (κ2) is 5.58. The zero-order chi connectivity index (χ0) is 10.8. The van der Waals surface area contributed by atoms with Crippen molar-refractivity contribution in [2.24, 2.45) is 5.73 Å². The molecular formula is C8H16ClN3O2S. The van der Waals surface area contributed by atoms with E-state index in [1.54, 1.807) is 0 Å². The molecule has 1 heterocycles. The van der Waals surface area contributed by atoms with Gasteiger partial charge in [-0.3, -0.25) is 9.59 Å². The predicted octanol–water partition coefficient (Wildman–Crippen LogP) is 0.0867. The van der Waals surface area contributed by atoms with E-state index in [0.717, 1.165) is 11.8 Å². The van der Waals surface area contributed by atoms with E-state index in [2.05, 4.69) is 10.6 Å². The van der Waals surface area contributed by atoms with E-state index in [1.807, 2.05) is 13.8 Å². The third kappa shape index (κ3) is 4.27. The molecule has 1 aliphatic rings. The van der Waals surface area contributed by atoms with Gasteiger partial charge in [-0.2, -0.15) is 0 Å². The minimum atomic E-state index is -0.422. The van der Waals surface area contributed by atoms with Crippen LogP contribution in [-0.2, 0) is 4.79 Å². The Hall–Kier alpha value is -0.460. The highest BCUT2D eigenvalue weighted by molar-refractivity contribution is 8.14. The molecule has 1 fully saturated rings. The van der Waals surface area contributed by atoms with Crippen LogP contribution in [0.2, 0.25) is 0 Å². The summed E-state index contributed by atoms with van der Waals surface area (Å²) in [6.45, 7) is 4.05. The van der Waals surface area contributed by atoms with Crippen LogP contribution in [0, 0.1) is 0 Å². The Morgan fingerprint density at radius 2 is 2.33 bits per heavy atom. The molecule has 15 heavy (non-hydrogen) atoms. The van der Waals surface area contributed by atoms with E-state index in [1.165, 1.54) is 0 Å². The summed E-state index contributed by atoms with van der Waals surface area (Å²) in [6, 6.07) is -0.418. The monoisotopic (exact) mass is 253 g/mol. The zero-order valence-corrected chi connectivity index (χ0v) is 10.3. The number of hydrogen-bond donors (Lipinski definition) is 3. The number of thioether (sulfide) groups is 1. The largest absolute Gasteiger partial charge is 0.348 e. The highest BCUT2D eigenvalue weighted by Crippen LogP contribution is 2.13. The van der Waals surface area contributed by atoms with Crippen molar-refractivity contribution in [1.29, 1.82) is 0 Å². The molecule has 1 saturated heterocycles. The van der Waals surface area contributed by atoms with Gasteiger partial charge in [-0.25, -0.2) is 0 Å². The first-order valence-electron chi connectivity index (χ1n) is 4.40. The predicted molar refractivity (Wildman–Crippen MR) is 63.3 cm³/mol. The van der Waals surface area contributed by atoms with Gasteiger partial charge in [-0.05, 0) is 13.8 Å². The molecular weight excluding hydrogens is 238 g/mol. The van der Waals surface area contributed by atoms with E-state index in [9.17, 15) is 9.59 Å². The summed E-state index contributed by atoms with van der Waals surface area (Å²) in [5.74, 6) is 0.324. The highest BCUT2D eigenvalue weighted by Gasteiger charge is 2.30. The standard InChI is InChI=1S/C8H15N3O2S.ClH/c1-8(2,4-9)11-6(12)5-3-14-7(13)10-5;/h5H,3-4,9H2,1-2H3,(H,10,13)(H,11,12);1H/t5-;/m0./s1. The molecule has 0 unspecified atom stereocenters. The smallest absolute Gasteiger partial charge is 0.279 e. The summed E-state index contributed by atoms with van der Waals surface area (Å²) in [6.07, 6.45) is 0. The number of halogens is 1. The second-order valence-electron chi connectivity index (χ2n) is 3.87. The number of rotatable bonds is 3. The molecule has 1 rings (SSSR count). The van der Waals surface area contributed by atoms with E-state index in [4.69, 9.17) is 5.73 Å². The molecule has 1 atom stereocenters. The maximum Gasteiger partial charge on any atom is 0.279 e. The molecule has 88 valence electrons. The van der Waals surface area contributed by atoms with E-state index in [-0.39, 0.29) is 23.6 Å². The van der Waals surface area contributed by atoms with Gasteiger partial charge in [0.2, 0.25) is 5.91 Å². The Bertz CT molecular complexity index is 260. The number of carbonyl (C=O) groups excluding carboxylic acids is 2. The van der Waals surface area contributed by atoms with Crippen molar-refractivity contribution < 1.29 is 9.59 Å². The summed E-state index contributed by atoms with van der Waals surface area (Å²) >= 11 is 1.13. The first-order chi connectivity index (χ1) is 6.44. The van der Waals surface area contributed by atoms with Crippen molar-refractivity contribution >= 4 is 35.3 Å². The molecule has 2 amide bonds. The Labute approximate surface area is 99.3 Å². The van der Waals surface area contributed by atoms with Crippen LogP contribution >= 0.6 is 24.2 Å². The lowest BCUT2D eigenvalue weighted by molar-refractivity contribution is -0.123. The molecule has 4 N–H and O–H groups in total. The highest BCUT2D eigenvalue weighted by atomic mass is 35.5. The Morgan fingerprint density at radius 3 is 2.73 bits per heavy atom. The van der Waals surface area contributed by atoms with Crippen molar-refractivity contribution in [3.05, 3.63) is 0 Å². The Morgan fingerprint density at radius 1 is 1.73 bits per heavy atom. The molecule has 7 heteroatoms. The lowest BCUT2D eigenvalue weighted by Gasteiger charge is -2.25. The minimum Gasteiger partial charge on any atom is -0.348 e. The maximum absolute atomic E-state index is 11.6. The van der Waals surface area contributed by atoms with Crippen LogP contribution in [0.4, 0.5) is 4.79 Å². The molecule has 0 aromatic carbocycles. The third-order valence-electron chi connectivity index (χ3n) is 1.96. The number of hydrogen-bond acceptors (Lipinski definition) is 4. The molecule has 0 aliphatic carbocycles. The molecule has 0 radical (unpaired) electrons. The third-order valence-corrected chi connectivity index (χ3v) is 2.84. The van der Waals surface area contributed by atoms with Crippen LogP contribution in [0.3, 0.4) is 0 Å². The van der Waals surface area contributed by atoms with Gasteiger partial charge < -0.3 is 16.4 Å². The normalized spacial score (nSPS) is 20.5. The summed E-state index contributed by atoms with van der Waals surface area (Å²) < 4.78 is 0. The fourth-order valence-electron chi connectivity index (χ4n) is 0.998. The number of nitrogens with two attached hydrogens (primary N) is 1. The summed E-state index contributed by atoms with van der Waals surface area (Å²) in [5, 5.41) is 5.21. The van der Waals surface area contributed by atoms with E-state index in [0.29, 0.717) is 12.3 Å². The molecule has 5 nitrogen and oxygen atoms in total. The van der Waals surface area contributed by atoms with Crippen molar-refractivity contribution in [1.82, 2.24) is 10.6 Å². The minimum absolute atomic E-state index is 0. The lowest BCUT2D eigenvalue weighted by atomic mass is 10.1. The van der Waals surface area contributed by atoms with Crippen LogP contribution in [0.5, 0.6) is 0 Å². The lowest BCUT2D eigenvalue weighted by Crippen LogP contribution is -2.54. The van der Waals surface area contributed by atoms with E-state index >= 15 is 0 Å². The van der Waals surface area contributed by atoms with Crippen LogP contribution in [-0.4, -0.2) is 35.0 Å². The number of nitrogens with one attached hydrogen (secondary N) is 2. The van der Waals surface area contributed by atoms with Crippen LogP contribution < -0.4 is 16.4 Å². The first-order valence-corrected chi connectivity index (χ1v) is 5.38. The summed E-state index contributed by atoms with van der Waals surface area (Å²) in [5.41, 5.74) is 5.05. The van der Waals surface area contributed by atoms with Gasteiger partial charge in [0.1, 0.15) is 6.04 Å². The Balaban J connectivity index is 0.00000196. The van der Waals surface area contributed by atoms with Gasteiger partial charge in [0.05, 0.1) is 0 Å². The average Bonchev–Trinajstić information content (AvgIpc) is 2.51. The molecule has 0 aromatic rings. The topological polar surface area (TPSA) is 84.2 Å². The fourth-order valence-corrected chi connectivity index (χ4v) is 1.78. The van der Waals surface area contributed by atoms with Crippen molar-refractivity contribution in [2.45, 2.75) is 25.4 Å². The number of amides is 2. The molecule has 0 spiro atoms. The Kier molecular flexibility index (Phi) is 5.41. The van der Waals surface area contributed by atoms with Crippen molar-refractivity contribution in [3.8, 4) is 0 Å². The molecule has 0 saturated carbocycles. The molecule has 0 bridgehead atoms. The van der Waals surface area contributed by atoms with Gasteiger partial charge >= 0.3 is 0 Å². The fraction of sp³-hybridized carbons (Fsp3) is 0.750. The van der Waals surface area contributed by atoms with Crippen LogP contribution in [0.15, 0.2) is 0 Å².